The number of hydrogen-bond acceptors (Lipinski definition) is 2. The standard InChI is InChI=1S/C12H16FNO/c13-11-4-1-3-10(7-11)8-12(14)5-2-6-15-9-12/h1,3-4,7H,2,5-6,8-9,14H2. The summed E-state index contributed by atoms with van der Waals surface area (Å²) in [4.78, 5) is 0. The molecule has 1 aromatic rings. The minimum Gasteiger partial charge on any atom is -0.380 e. The molecule has 3 heteroatoms. The van der Waals surface area contributed by atoms with Crippen molar-refractivity contribution in [3.8, 4) is 0 Å². The van der Waals surface area contributed by atoms with Crippen molar-refractivity contribution >= 4 is 0 Å². The molecule has 1 aliphatic rings. The molecular weight excluding hydrogens is 193 g/mol. The summed E-state index contributed by atoms with van der Waals surface area (Å²) in [6.07, 6.45) is 2.63. The summed E-state index contributed by atoms with van der Waals surface area (Å²) in [6, 6.07) is 6.62. The van der Waals surface area contributed by atoms with Crippen LogP contribution in [0, 0.1) is 5.82 Å². The van der Waals surface area contributed by atoms with E-state index in [9.17, 15) is 4.39 Å². The molecule has 0 amide bonds. The summed E-state index contributed by atoms with van der Waals surface area (Å²) < 4.78 is 18.3. The van der Waals surface area contributed by atoms with Crippen LogP contribution < -0.4 is 5.73 Å². The first-order valence-electron chi connectivity index (χ1n) is 5.29. The van der Waals surface area contributed by atoms with Crippen LogP contribution in [0.4, 0.5) is 4.39 Å². The van der Waals surface area contributed by atoms with Gasteiger partial charge in [-0.25, -0.2) is 4.39 Å². The third-order valence-electron chi connectivity index (χ3n) is 2.80. The zero-order valence-electron chi connectivity index (χ0n) is 8.71. The molecular formula is C12H16FNO. The van der Waals surface area contributed by atoms with E-state index in [1.165, 1.54) is 6.07 Å². The van der Waals surface area contributed by atoms with Gasteiger partial charge in [0, 0.05) is 12.1 Å². The first-order valence-corrected chi connectivity index (χ1v) is 5.29. The normalized spacial score (nSPS) is 26.5. The van der Waals surface area contributed by atoms with Gasteiger partial charge in [0.1, 0.15) is 5.82 Å². The Labute approximate surface area is 89.2 Å². The lowest BCUT2D eigenvalue weighted by Gasteiger charge is -2.33. The van der Waals surface area contributed by atoms with Crippen molar-refractivity contribution in [1.82, 2.24) is 0 Å². The quantitative estimate of drug-likeness (QED) is 0.807. The summed E-state index contributed by atoms with van der Waals surface area (Å²) in [5, 5.41) is 0. The van der Waals surface area contributed by atoms with Gasteiger partial charge in [-0.1, -0.05) is 12.1 Å². The van der Waals surface area contributed by atoms with Gasteiger partial charge in [0.2, 0.25) is 0 Å². The first kappa shape index (κ1) is 10.6. The molecule has 0 radical (unpaired) electrons. The highest BCUT2D eigenvalue weighted by Crippen LogP contribution is 2.21. The molecule has 0 spiro atoms. The van der Waals surface area contributed by atoms with E-state index in [1.807, 2.05) is 6.07 Å². The van der Waals surface area contributed by atoms with E-state index in [1.54, 1.807) is 12.1 Å². The van der Waals surface area contributed by atoms with Crippen LogP contribution in [-0.2, 0) is 11.2 Å². The fourth-order valence-corrected chi connectivity index (χ4v) is 2.07. The molecule has 2 N–H and O–H groups in total. The van der Waals surface area contributed by atoms with E-state index in [0.29, 0.717) is 13.0 Å². The second kappa shape index (κ2) is 4.29. The summed E-state index contributed by atoms with van der Waals surface area (Å²) in [5.74, 6) is -0.201. The molecule has 15 heavy (non-hydrogen) atoms. The number of ether oxygens (including phenoxy) is 1. The maximum absolute atomic E-state index is 13.0. The summed E-state index contributed by atoms with van der Waals surface area (Å²) in [5.41, 5.74) is 6.83. The molecule has 0 bridgehead atoms. The Balaban J connectivity index is 2.06. The lowest BCUT2D eigenvalue weighted by Crippen LogP contribution is -2.49. The average Bonchev–Trinajstić information content (AvgIpc) is 2.18. The molecule has 82 valence electrons. The van der Waals surface area contributed by atoms with Crippen molar-refractivity contribution < 1.29 is 9.13 Å². The van der Waals surface area contributed by atoms with Crippen molar-refractivity contribution in [2.45, 2.75) is 24.8 Å². The van der Waals surface area contributed by atoms with Crippen LogP contribution in [0.2, 0.25) is 0 Å². The van der Waals surface area contributed by atoms with Crippen LogP contribution in [-0.4, -0.2) is 18.8 Å². The summed E-state index contributed by atoms with van der Waals surface area (Å²) in [6.45, 7) is 1.37. The molecule has 1 saturated heterocycles. The van der Waals surface area contributed by atoms with Gasteiger partial charge in [-0.2, -0.15) is 0 Å². The SMILES string of the molecule is NC1(Cc2cccc(F)c2)CCCOC1. The largest absolute Gasteiger partial charge is 0.380 e. The van der Waals surface area contributed by atoms with Crippen LogP contribution in [0.1, 0.15) is 18.4 Å². The Morgan fingerprint density at radius 2 is 2.33 bits per heavy atom. The van der Waals surface area contributed by atoms with E-state index in [2.05, 4.69) is 0 Å². The maximum Gasteiger partial charge on any atom is 0.123 e. The van der Waals surface area contributed by atoms with Gasteiger partial charge in [-0.05, 0) is 37.0 Å². The molecule has 2 rings (SSSR count). The van der Waals surface area contributed by atoms with Crippen molar-refractivity contribution in [2.24, 2.45) is 5.73 Å². The topological polar surface area (TPSA) is 35.2 Å². The monoisotopic (exact) mass is 209 g/mol. The van der Waals surface area contributed by atoms with E-state index in [0.717, 1.165) is 25.0 Å². The van der Waals surface area contributed by atoms with Crippen LogP contribution in [0.3, 0.4) is 0 Å². The van der Waals surface area contributed by atoms with Crippen molar-refractivity contribution in [3.63, 3.8) is 0 Å². The Morgan fingerprint density at radius 1 is 1.47 bits per heavy atom. The smallest absolute Gasteiger partial charge is 0.123 e. The molecule has 1 atom stereocenters. The third kappa shape index (κ3) is 2.76. The summed E-state index contributed by atoms with van der Waals surface area (Å²) in [7, 11) is 0. The Morgan fingerprint density at radius 3 is 3.00 bits per heavy atom. The van der Waals surface area contributed by atoms with E-state index in [4.69, 9.17) is 10.5 Å². The number of nitrogens with two attached hydrogens (primary N) is 1. The zero-order chi connectivity index (χ0) is 10.7. The molecule has 1 aromatic carbocycles. The van der Waals surface area contributed by atoms with Gasteiger partial charge in [0.05, 0.1) is 6.61 Å². The van der Waals surface area contributed by atoms with Crippen LogP contribution in [0.25, 0.3) is 0 Å². The van der Waals surface area contributed by atoms with Crippen LogP contribution >= 0.6 is 0 Å². The second-order valence-electron chi connectivity index (χ2n) is 4.33. The Bertz CT molecular complexity index is 334. The number of benzene rings is 1. The van der Waals surface area contributed by atoms with E-state index < -0.39 is 0 Å². The lowest BCUT2D eigenvalue weighted by molar-refractivity contribution is 0.0382. The van der Waals surface area contributed by atoms with Crippen molar-refractivity contribution in [1.29, 1.82) is 0 Å². The van der Waals surface area contributed by atoms with Gasteiger partial charge >= 0.3 is 0 Å². The molecule has 1 aliphatic heterocycles. The van der Waals surface area contributed by atoms with Crippen LogP contribution in [0.5, 0.6) is 0 Å². The molecule has 2 nitrogen and oxygen atoms in total. The predicted octanol–water partition coefficient (Wildman–Crippen LogP) is 1.88. The average molecular weight is 209 g/mol. The molecule has 0 aliphatic carbocycles. The predicted molar refractivity (Wildman–Crippen MR) is 57.1 cm³/mol. The summed E-state index contributed by atoms with van der Waals surface area (Å²) >= 11 is 0. The number of rotatable bonds is 2. The third-order valence-corrected chi connectivity index (χ3v) is 2.80. The van der Waals surface area contributed by atoms with Gasteiger partial charge < -0.3 is 10.5 Å². The minimum absolute atomic E-state index is 0.201. The van der Waals surface area contributed by atoms with Gasteiger partial charge in [0.15, 0.2) is 0 Å². The maximum atomic E-state index is 13.0. The van der Waals surface area contributed by atoms with Gasteiger partial charge in [-0.15, -0.1) is 0 Å². The van der Waals surface area contributed by atoms with E-state index in [-0.39, 0.29) is 11.4 Å². The molecule has 1 heterocycles. The van der Waals surface area contributed by atoms with Gasteiger partial charge in [0.25, 0.3) is 0 Å². The highest BCUT2D eigenvalue weighted by atomic mass is 19.1. The molecule has 0 saturated carbocycles. The second-order valence-corrected chi connectivity index (χ2v) is 4.33. The van der Waals surface area contributed by atoms with Gasteiger partial charge in [-0.3, -0.25) is 0 Å². The Hall–Kier alpha value is -0.930. The minimum atomic E-state index is -0.313. The van der Waals surface area contributed by atoms with Crippen molar-refractivity contribution in [2.75, 3.05) is 13.2 Å². The fraction of sp³-hybridized carbons (Fsp3) is 0.500. The fourth-order valence-electron chi connectivity index (χ4n) is 2.07. The number of halogens is 1. The Kier molecular flexibility index (Phi) is 3.03. The number of hydrogen-bond donors (Lipinski definition) is 1. The highest BCUT2D eigenvalue weighted by molar-refractivity contribution is 5.19. The molecule has 0 aromatic heterocycles. The first-order chi connectivity index (χ1) is 7.18. The molecule has 1 fully saturated rings. The van der Waals surface area contributed by atoms with E-state index >= 15 is 0 Å². The van der Waals surface area contributed by atoms with Crippen LogP contribution in [0.15, 0.2) is 24.3 Å². The highest BCUT2D eigenvalue weighted by Gasteiger charge is 2.28. The van der Waals surface area contributed by atoms with Crippen molar-refractivity contribution in [3.05, 3.63) is 35.6 Å². The lowest BCUT2D eigenvalue weighted by atomic mass is 9.87. The molecule has 1 unspecified atom stereocenters. The zero-order valence-corrected chi connectivity index (χ0v) is 8.71.